The lowest BCUT2D eigenvalue weighted by atomic mass is 10.1. The first-order chi connectivity index (χ1) is 8.87. The molecule has 19 heavy (non-hydrogen) atoms. The van der Waals surface area contributed by atoms with Gasteiger partial charge in [-0.05, 0) is 44.5 Å². The van der Waals surface area contributed by atoms with Gasteiger partial charge in [0.05, 0.1) is 12.2 Å². The second-order valence-corrected chi connectivity index (χ2v) is 5.00. The lowest BCUT2D eigenvalue weighted by molar-refractivity contribution is -0.122. The van der Waals surface area contributed by atoms with E-state index in [2.05, 4.69) is 5.32 Å². The van der Waals surface area contributed by atoms with Crippen molar-refractivity contribution in [2.45, 2.75) is 32.3 Å². The van der Waals surface area contributed by atoms with Crippen LogP contribution in [0.15, 0.2) is 24.3 Å². The topological polar surface area (TPSA) is 58.6 Å². The number of carbonyl (C=O) groups excluding carboxylic acids is 1. The zero-order valence-electron chi connectivity index (χ0n) is 11.3. The van der Waals surface area contributed by atoms with Gasteiger partial charge >= 0.3 is 0 Å². The van der Waals surface area contributed by atoms with E-state index in [4.69, 9.17) is 4.74 Å². The molecular weight excluding hydrogens is 249 g/mol. The number of aliphatic hydroxyl groups is 1. The third-order valence-corrected chi connectivity index (χ3v) is 2.35. The van der Waals surface area contributed by atoms with Gasteiger partial charge in [0.1, 0.15) is 11.6 Å². The summed E-state index contributed by atoms with van der Waals surface area (Å²) in [6.07, 6.45) is 0.895. The predicted octanol–water partition coefficient (Wildman–Crippen LogP) is 1.87. The van der Waals surface area contributed by atoms with Crippen LogP contribution in [0, 0.1) is 5.82 Å². The fraction of sp³-hybridized carbons (Fsp3) is 0.500. The van der Waals surface area contributed by atoms with Gasteiger partial charge in [-0.15, -0.1) is 0 Å². The smallest absolute Gasteiger partial charge is 0.220 e. The Labute approximate surface area is 112 Å². The molecule has 1 rings (SSSR count). The SMILES string of the molecule is CC(C)(O)CNC(=O)CCCOc1ccc(F)cc1. The van der Waals surface area contributed by atoms with Gasteiger partial charge in [0.15, 0.2) is 0 Å². The highest BCUT2D eigenvalue weighted by molar-refractivity contribution is 5.75. The molecule has 0 saturated heterocycles. The molecule has 0 aromatic heterocycles. The number of carbonyl (C=O) groups is 1. The van der Waals surface area contributed by atoms with E-state index in [-0.39, 0.29) is 18.3 Å². The Morgan fingerprint density at radius 2 is 2.00 bits per heavy atom. The third-order valence-electron chi connectivity index (χ3n) is 2.35. The van der Waals surface area contributed by atoms with E-state index in [0.29, 0.717) is 25.2 Å². The van der Waals surface area contributed by atoms with Crippen molar-refractivity contribution in [2.75, 3.05) is 13.2 Å². The number of benzene rings is 1. The van der Waals surface area contributed by atoms with E-state index in [1.807, 2.05) is 0 Å². The molecule has 0 aliphatic heterocycles. The molecule has 0 unspecified atom stereocenters. The summed E-state index contributed by atoms with van der Waals surface area (Å²) in [5.41, 5.74) is -0.903. The average Bonchev–Trinajstić information content (AvgIpc) is 2.33. The predicted molar refractivity (Wildman–Crippen MR) is 70.4 cm³/mol. The Hall–Kier alpha value is -1.62. The fourth-order valence-corrected chi connectivity index (χ4v) is 1.36. The van der Waals surface area contributed by atoms with Crippen LogP contribution in [0.5, 0.6) is 5.75 Å². The van der Waals surface area contributed by atoms with E-state index in [1.54, 1.807) is 26.0 Å². The third kappa shape index (κ3) is 7.41. The molecule has 1 amide bonds. The molecule has 1 aromatic rings. The lowest BCUT2D eigenvalue weighted by Crippen LogP contribution is -2.38. The molecule has 0 heterocycles. The summed E-state index contributed by atoms with van der Waals surface area (Å²) < 4.78 is 18.0. The van der Waals surface area contributed by atoms with Gasteiger partial charge in [0.25, 0.3) is 0 Å². The largest absolute Gasteiger partial charge is 0.494 e. The van der Waals surface area contributed by atoms with E-state index < -0.39 is 5.60 Å². The van der Waals surface area contributed by atoms with Gasteiger partial charge in [-0.25, -0.2) is 4.39 Å². The molecule has 0 bridgehead atoms. The van der Waals surface area contributed by atoms with Crippen molar-refractivity contribution in [3.8, 4) is 5.75 Å². The minimum absolute atomic E-state index is 0.121. The zero-order chi connectivity index (χ0) is 14.3. The summed E-state index contributed by atoms with van der Waals surface area (Å²) in [7, 11) is 0. The quantitative estimate of drug-likeness (QED) is 0.743. The Balaban J connectivity index is 2.13. The second kappa shape index (κ2) is 7.09. The number of halogens is 1. The molecule has 0 aliphatic rings. The monoisotopic (exact) mass is 269 g/mol. The van der Waals surface area contributed by atoms with Crippen LogP contribution in [0.3, 0.4) is 0 Å². The molecule has 0 atom stereocenters. The van der Waals surface area contributed by atoms with Gasteiger partial charge in [-0.1, -0.05) is 0 Å². The van der Waals surface area contributed by atoms with Crippen molar-refractivity contribution >= 4 is 5.91 Å². The van der Waals surface area contributed by atoms with Gasteiger partial charge < -0.3 is 15.2 Å². The number of nitrogens with one attached hydrogen (secondary N) is 1. The van der Waals surface area contributed by atoms with Crippen molar-refractivity contribution in [3.05, 3.63) is 30.1 Å². The van der Waals surface area contributed by atoms with E-state index in [1.165, 1.54) is 12.1 Å². The lowest BCUT2D eigenvalue weighted by Gasteiger charge is -2.17. The van der Waals surface area contributed by atoms with E-state index >= 15 is 0 Å². The maximum Gasteiger partial charge on any atom is 0.220 e. The molecule has 0 radical (unpaired) electrons. The molecule has 4 nitrogen and oxygen atoms in total. The highest BCUT2D eigenvalue weighted by atomic mass is 19.1. The standard InChI is InChI=1S/C14H20FNO3/c1-14(2,18)10-16-13(17)4-3-9-19-12-7-5-11(15)6-8-12/h5-8,18H,3-4,9-10H2,1-2H3,(H,16,17). The van der Waals surface area contributed by atoms with Crippen LogP contribution >= 0.6 is 0 Å². The summed E-state index contributed by atoms with van der Waals surface area (Å²) in [5.74, 6) is 0.154. The van der Waals surface area contributed by atoms with Gasteiger partial charge in [0, 0.05) is 13.0 Å². The number of rotatable bonds is 7. The summed E-state index contributed by atoms with van der Waals surface area (Å²) in [5, 5.41) is 12.1. The van der Waals surface area contributed by atoms with Crippen molar-refractivity contribution in [2.24, 2.45) is 0 Å². The van der Waals surface area contributed by atoms with E-state index in [0.717, 1.165) is 0 Å². The van der Waals surface area contributed by atoms with Crippen LogP contribution in [-0.2, 0) is 4.79 Å². The van der Waals surface area contributed by atoms with Crippen LogP contribution in [-0.4, -0.2) is 29.8 Å². The Morgan fingerprint density at radius 1 is 1.37 bits per heavy atom. The van der Waals surface area contributed by atoms with Crippen LogP contribution in [0.2, 0.25) is 0 Å². The highest BCUT2D eigenvalue weighted by Gasteiger charge is 2.13. The Bertz CT molecular complexity index is 398. The molecule has 2 N–H and O–H groups in total. The first kappa shape index (κ1) is 15.4. The molecule has 106 valence electrons. The minimum atomic E-state index is -0.903. The van der Waals surface area contributed by atoms with Gasteiger partial charge in [0.2, 0.25) is 5.91 Å². The number of amides is 1. The highest BCUT2D eigenvalue weighted by Crippen LogP contribution is 2.11. The first-order valence-electron chi connectivity index (χ1n) is 6.24. The van der Waals surface area contributed by atoms with Crippen LogP contribution in [0.1, 0.15) is 26.7 Å². The van der Waals surface area contributed by atoms with Crippen LogP contribution < -0.4 is 10.1 Å². The van der Waals surface area contributed by atoms with Crippen molar-refractivity contribution < 1.29 is 19.0 Å². The summed E-state index contributed by atoms with van der Waals surface area (Å²) in [4.78, 5) is 11.4. The molecule has 0 aliphatic carbocycles. The second-order valence-electron chi connectivity index (χ2n) is 5.00. The Morgan fingerprint density at radius 3 is 2.58 bits per heavy atom. The maximum atomic E-state index is 12.6. The number of hydrogen-bond donors (Lipinski definition) is 2. The zero-order valence-corrected chi connectivity index (χ0v) is 11.3. The van der Waals surface area contributed by atoms with Crippen molar-refractivity contribution in [3.63, 3.8) is 0 Å². The first-order valence-corrected chi connectivity index (χ1v) is 6.24. The van der Waals surface area contributed by atoms with Crippen molar-refractivity contribution in [1.82, 2.24) is 5.32 Å². The average molecular weight is 269 g/mol. The van der Waals surface area contributed by atoms with Crippen LogP contribution in [0.25, 0.3) is 0 Å². The molecular formula is C14H20FNO3. The maximum absolute atomic E-state index is 12.6. The summed E-state index contributed by atoms with van der Waals surface area (Å²) >= 11 is 0. The fourth-order valence-electron chi connectivity index (χ4n) is 1.36. The summed E-state index contributed by atoms with van der Waals surface area (Å²) in [6, 6.07) is 5.74. The summed E-state index contributed by atoms with van der Waals surface area (Å²) in [6.45, 7) is 3.88. The molecule has 0 fully saturated rings. The normalized spacial score (nSPS) is 11.2. The molecule has 1 aromatic carbocycles. The molecule has 0 spiro atoms. The Kier molecular flexibility index (Phi) is 5.76. The van der Waals surface area contributed by atoms with Gasteiger partial charge in [-0.3, -0.25) is 4.79 Å². The number of hydrogen-bond acceptors (Lipinski definition) is 3. The minimum Gasteiger partial charge on any atom is -0.494 e. The van der Waals surface area contributed by atoms with Gasteiger partial charge in [-0.2, -0.15) is 0 Å². The number of ether oxygens (including phenoxy) is 1. The van der Waals surface area contributed by atoms with Crippen molar-refractivity contribution in [1.29, 1.82) is 0 Å². The molecule has 5 heteroatoms. The van der Waals surface area contributed by atoms with E-state index in [9.17, 15) is 14.3 Å². The van der Waals surface area contributed by atoms with Crippen LogP contribution in [0.4, 0.5) is 4.39 Å². The molecule has 0 saturated carbocycles.